The minimum absolute atomic E-state index is 0.250. The maximum absolute atomic E-state index is 9.11. The highest BCUT2D eigenvalue weighted by Gasteiger charge is 2.11. The van der Waals surface area contributed by atoms with Gasteiger partial charge in [-0.05, 0) is 18.9 Å². The van der Waals surface area contributed by atoms with Gasteiger partial charge >= 0.3 is 0 Å². The van der Waals surface area contributed by atoms with Crippen molar-refractivity contribution in [2.75, 3.05) is 0 Å². The fraction of sp³-hybridized carbons (Fsp3) is 1.00. The van der Waals surface area contributed by atoms with Crippen LogP contribution in [-0.2, 0) is 0 Å². The molecular formula is C7H15N3O. The number of unbranched alkanes of at least 4 members (excludes halogenated alkanes) is 1. The Hall–Kier alpha value is -0.730. The van der Waals surface area contributed by atoms with Gasteiger partial charge in [0.05, 0.1) is 12.1 Å². The molecule has 0 aliphatic heterocycles. The van der Waals surface area contributed by atoms with Crippen molar-refractivity contribution < 1.29 is 5.11 Å². The summed E-state index contributed by atoms with van der Waals surface area (Å²) in [6.45, 7) is 3.71. The van der Waals surface area contributed by atoms with E-state index >= 15 is 0 Å². The zero-order valence-corrected chi connectivity index (χ0v) is 7.06. The molecule has 0 bridgehead atoms. The summed E-state index contributed by atoms with van der Waals surface area (Å²) in [6, 6.07) is -0.250. The second-order valence-corrected chi connectivity index (χ2v) is 2.66. The lowest BCUT2D eigenvalue weighted by molar-refractivity contribution is 0.158. The Labute approximate surface area is 66.9 Å². The average Bonchev–Trinajstić information content (AvgIpc) is 1.97. The van der Waals surface area contributed by atoms with Gasteiger partial charge in [0.25, 0.3) is 0 Å². The van der Waals surface area contributed by atoms with Crippen LogP contribution in [0.25, 0.3) is 10.4 Å². The first-order valence-electron chi connectivity index (χ1n) is 3.94. The van der Waals surface area contributed by atoms with Crippen molar-refractivity contribution in [2.45, 2.75) is 45.3 Å². The van der Waals surface area contributed by atoms with Gasteiger partial charge in [-0.15, -0.1) is 0 Å². The third-order valence-corrected chi connectivity index (χ3v) is 1.61. The molecule has 0 fully saturated rings. The molecule has 0 spiro atoms. The van der Waals surface area contributed by atoms with Crippen LogP contribution in [0.3, 0.4) is 0 Å². The molecular weight excluding hydrogens is 142 g/mol. The van der Waals surface area contributed by atoms with Crippen LogP contribution in [0, 0.1) is 0 Å². The minimum Gasteiger partial charge on any atom is -0.393 e. The summed E-state index contributed by atoms with van der Waals surface area (Å²) >= 11 is 0. The molecule has 0 saturated carbocycles. The summed E-state index contributed by atoms with van der Waals surface area (Å²) in [5.41, 5.74) is 8.13. The lowest BCUT2D eigenvalue weighted by Gasteiger charge is -2.12. The van der Waals surface area contributed by atoms with Crippen LogP contribution in [0.4, 0.5) is 0 Å². The predicted molar refractivity (Wildman–Crippen MR) is 44.1 cm³/mol. The quantitative estimate of drug-likeness (QED) is 0.371. The van der Waals surface area contributed by atoms with Crippen LogP contribution in [0.2, 0.25) is 0 Å². The van der Waals surface area contributed by atoms with Gasteiger partial charge in [0.1, 0.15) is 0 Å². The molecule has 0 unspecified atom stereocenters. The number of aliphatic hydroxyl groups excluding tert-OH is 1. The molecule has 0 aliphatic carbocycles. The molecule has 0 aromatic carbocycles. The van der Waals surface area contributed by atoms with Gasteiger partial charge in [-0.1, -0.05) is 24.9 Å². The second-order valence-electron chi connectivity index (χ2n) is 2.66. The van der Waals surface area contributed by atoms with Crippen LogP contribution >= 0.6 is 0 Å². The van der Waals surface area contributed by atoms with Crippen molar-refractivity contribution in [2.24, 2.45) is 5.11 Å². The lowest BCUT2D eigenvalue weighted by Crippen LogP contribution is -2.19. The van der Waals surface area contributed by atoms with E-state index < -0.39 is 6.10 Å². The van der Waals surface area contributed by atoms with Crippen LogP contribution in [0.5, 0.6) is 0 Å². The largest absolute Gasteiger partial charge is 0.393 e. The molecule has 1 N–H and O–H groups in total. The SMILES string of the molecule is CCCC[C@@H](N=[N+]=[N-])[C@@H](C)O. The molecule has 0 aromatic rings. The maximum atomic E-state index is 9.11. The van der Waals surface area contributed by atoms with Crippen molar-refractivity contribution in [1.82, 2.24) is 0 Å². The molecule has 4 nitrogen and oxygen atoms in total. The topological polar surface area (TPSA) is 69.0 Å². The Morgan fingerprint density at radius 1 is 1.64 bits per heavy atom. The van der Waals surface area contributed by atoms with Crippen molar-refractivity contribution in [3.63, 3.8) is 0 Å². The van der Waals surface area contributed by atoms with Gasteiger partial charge in [0, 0.05) is 4.91 Å². The number of hydrogen-bond donors (Lipinski definition) is 1. The molecule has 4 heteroatoms. The van der Waals surface area contributed by atoms with Gasteiger partial charge in [0.2, 0.25) is 0 Å². The lowest BCUT2D eigenvalue weighted by atomic mass is 10.1. The summed E-state index contributed by atoms with van der Waals surface area (Å²) in [5, 5.41) is 12.6. The fourth-order valence-electron chi connectivity index (χ4n) is 0.875. The highest BCUT2D eigenvalue weighted by atomic mass is 16.3. The van der Waals surface area contributed by atoms with Crippen LogP contribution in [0.15, 0.2) is 5.11 Å². The normalized spacial score (nSPS) is 15.2. The molecule has 0 saturated heterocycles. The van der Waals surface area contributed by atoms with E-state index in [9.17, 15) is 0 Å². The Kier molecular flexibility index (Phi) is 5.61. The number of aliphatic hydroxyl groups is 1. The minimum atomic E-state index is -0.530. The van der Waals surface area contributed by atoms with Gasteiger partial charge < -0.3 is 5.11 Å². The second kappa shape index (κ2) is 6.01. The molecule has 0 radical (unpaired) electrons. The number of rotatable bonds is 5. The van der Waals surface area contributed by atoms with Gasteiger partial charge in [-0.25, -0.2) is 0 Å². The first-order valence-corrected chi connectivity index (χ1v) is 3.94. The smallest absolute Gasteiger partial charge is 0.0631 e. The zero-order chi connectivity index (χ0) is 8.69. The molecule has 2 atom stereocenters. The first-order chi connectivity index (χ1) is 5.22. The van der Waals surface area contributed by atoms with E-state index in [4.69, 9.17) is 10.6 Å². The van der Waals surface area contributed by atoms with E-state index in [0.717, 1.165) is 19.3 Å². The van der Waals surface area contributed by atoms with Crippen molar-refractivity contribution in [1.29, 1.82) is 0 Å². The molecule has 0 rings (SSSR count). The van der Waals surface area contributed by atoms with Crippen LogP contribution < -0.4 is 0 Å². The average molecular weight is 157 g/mol. The van der Waals surface area contributed by atoms with Gasteiger partial charge in [-0.3, -0.25) is 0 Å². The Balaban J connectivity index is 3.79. The van der Waals surface area contributed by atoms with Crippen molar-refractivity contribution in [3.8, 4) is 0 Å². The Bertz CT molecular complexity index is 141. The van der Waals surface area contributed by atoms with E-state index in [-0.39, 0.29) is 6.04 Å². The monoisotopic (exact) mass is 157 g/mol. The van der Waals surface area contributed by atoms with Crippen molar-refractivity contribution in [3.05, 3.63) is 10.4 Å². The molecule has 0 aliphatic rings. The summed E-state index contributed by atoms with van der Waals surface area (Å²) in [5.74, 6) is 0. The zero-order valence-electron chi connectivity index (χ0n) is 7.06. The fourth-order valence-corrected chi connectivity index (χ4v) is 0.875. The number of azide groups is 1. The summed E-state index contributed by atoms with van der Waals surface area (Å²) in [6.07, 6.45) is 2.30. The molecule has 64 valence electrons. The summed E-state index contributed by atoms with van der Waals surface area (Å²) in [7, 11) is 0. The van der Waals surface area contributed by atoms with E-state index in [1.165, 1.54) is 0 Å². The number of nitrogens with zero attached hydrogens (tertiary/aromatic N) is 3. The predicted octanol–water partition coefficient (Wildman–Crippen LogP) is 2.24. The van der Waals surface area contributed by atoms with Crippen LogP contribution in [-0.4, -0.2) is 17.3 Å². The van der Waals surface area contributed by atoms with E-state index in [0.29, 0.717) is 0 Å². The third kappa shape index (κ3) is 4.65. The molecule has 0 aromatic heterocycles. The number of hydrogen-bond acceptors (Lipinski definition) is 2. The molecule has 11 heavy (non-hydrogen) atoms. The van der Waals surface area contributed by atoms with E-state index in [2.05, 4.69) is 16.9 Å². The third-order valence-electron chi connectivity index (χ3n) is 1.61. The van der Waals surface area contributed by atoms with E-state index in [1.54, 1.807) is 6.92 Å². The maximum Gasteiger partial charge on any atom is 0.0631 e. The van der Waals surface area contributed by atoms with Crippen molar-refractivity contribution >= 4 is 0 Å². The summed E-state index contributed by atoms with van der Waals surface area (Å²) < 4.78 is 0. The molecule has 0 heterocycles. The van der Waals surface area contributed by atoms with Gasteiger partial charge in [0.15, 0.2) is 0 Å². The highest BCUT2D eigenvalue weighted by molar-refractivity contribution is 4.72. The Morgan fingerprint density at radius 2 is 2.27 bits per heavy atom. The molecule has 0 amide bonds. The summed E-state index contributed by atoms with van der Waals surface area (Å²) in [4.78, 5) is 2.68. The van der Waals surface area contributed by atoms with Crippen LogP contribution in [0.1, 0.15) is 33.1 Å². The first kappa shape index (κ1) is 10.3. The van der Waals surface area contributed by atoms with Gasteiger partial charge in [-0.2, -0.15) is 0 Å². The standard InChI is InChI=1S/C7H15N3O/c1-3-4-5-7(6(2)11)9-10-8/h6-7,11H,3-5H2,1-2H3/t6-,7-/m1/s1. The van der Waals surface area contributed by atoms with E-state index in [1.807, 2.05) is 0 Å². The highest BCUT2D eigenvalue weighted by Crippen LogP contribution is 2.08. The Morgan fingerprint density at radius 3 is 2.64 bits per heavy atom.